The fraction of sp³-hybridized carbons (Fsp3) is 0.417. The minimum absolute atomic E-state index is 0.113. The van der Waals surface area contributed by atoms with Crippen molar-refractivity contribution in [2.45, 2.75) is 12.5 Å². The Morgan fingerprint density at radius 1 is 1.13 bits per heavy atom. The van der Waals surface area contributed by atoms with Gasteiger partial charge in [0.15, 0.2) is 0 Å². The van der Waals surface area contributed by atoms with E-state index in [1.165, 1.54) is 5.69 Å². The molecule has 0 unspecified atom stereocenters. The molecule has 2 aliphatic heterocycles. The zero-order chi connectivity index (χ0) is 21.2. The number of aryl methyl sites for hydroxylation is 1. The standard InChI is InChI=1S/C24H29N5O2/c1-27-22-8-3-2-7-21(22)26-24(27)18-5-4-6-20(15-18)29-10-9-19(16-29)25-23(30)17-28-11-13-31-14-12-28/h2-8,15,19H,9-14,16-17H2,1H3,(H,25,30)/t19-/m0/s1. The summed E-state index contributed by atoms with van der Waals surface area (Å²) < 4.78 is 7.50. The summed E-state index contributed by atoms with van der Waals surface area (Å²) in [6.45, 7) is 5.33. The van der Waals surface area contributed by atoms with Gasteiger partial charge in [-0.3, -0.25) is 9.69 Å². The van der Waals surface area contributed by atoms with Crippen molar-refractivity contribution in [2.75, 3.05) is 50.8 Å². The van der Waals surface area contributed by atoms with E-state index in [1.807, 2.05) is 18.2 Å². The zero-order valence-corrected chi connectivity index (χ0v) is 18.0. The third-order valence-electron chi connectivity index (χ3n) is 6.28. The molecule has 1 amide bonds. The van der Waals surface area contributed by atoms with Crippen molar-refractivity contribution >= 4 is 22.6 Å². The molecule has 162 valence electrons. The molecule has 2 aromatic carbocycles. The van der Waals surface area contributed by atoms with Gasteiger partial charge < -0.3 is 19.5 Å². The molecule has 3 heterocycles. The molecule has 0 spiro atoms. The molecule has 0 radical (unpaired) electrons. The van der Waals surface area contributed by atoms with Crippen LogP contribution in [0.15, 0.2) is 48.5 Å². The number of fused-ring (bicyclic) bond motifs is 1. The van der Waals surface area contributed by atoms with Gasteiger partial charge in [-0.2, -0.15) is 0 Å². The third kappa shape index (κ3) is 4.29. The first kappa shape index (κ1) is 20.0. The van der Waals surface area contributed by atoms with Crippen molar-refractivity contribution < 1.29 is 9.53 Å². The fourth-order valence-corrected chi connectivity index (χ4v) is 4.59. The molecule has 31 heavy (non-hydrogen) atoms. The minimum Gasteiger partial charge on any atom is -0.379 e. The number of hydrogen-bond acceptors (Lipinski definition) is 5. The van der Waals surface area contributed by atoms with Crippen LogP contribution in [0.3, 0.4) is 0 Å². The van der Waals surface area contributed by atoms with Gasteiger partial charge in [0.2, 0.25) is 5.91 Å². The first-order valence-electron chi connectivity index (χ1n) is 11.0. The Morgan fingerprint density at radius 3 is 2.81 bits per heavy atom. The monoisotopic (exact) mass is 419 g/mol. The summed E-state index contributed by atoms with van der Waals surface area (Å²) in [6, 6.07) is 17.0. The molecule has 1 aromatic heterocycles. The van der Waals surface area contributed by atoms with Crippen LogP contribution in [0.5, 0.6) is 0 Å². The van der Waals surface area contributed by atoms with Crippen LogP contribution in [0, 0.1) is 0 Å². The number of anilines is 1. The number of hydrogen-bond donors (Lipinski definition) is 1. The SMILES string of the molecule is Cn1c(-c2cccc(N3CC[C@H](NC(=O)CN4CCOCC4)C3)c2)nc2ccccc21. The van der Waals surface area contributed by atoms with Gasteiger partial charge in [0.05, 0.1) is 30.8 Å². The van der Waals surface area contributed by atoms with Gasteiger partial charge >= 0.3 is 0 Å². The largest absolute Gasteiger partial charge is 0.379 e. The Morgan fingerprint density at radius 2 is 1.97 bits per heavy atom. The molecule has 2 fully saturated rings. The molecule has 0 bridgehead atoms. The molecular weight excluding hydrogens is 390 g/mol. The highest BCUT2D eigenvalue weighted by atomic mass is 16.5. The van der Waals surface area contributed by atoms with Gasteiger partial charge in [-0.05, 0) is 30.7 Å². The summed E-state index contributed by atoms with van der Waals surface area (Å²) in [5, 5.41) is 3.22. The molecule has 0 saturated carbocycles. The predicted molar refractivity (Wildman–Crippen MR) is 122 cm³/mol. The molecule has 7 nitrogen and oxygen atoms in total. The lowest BCUT2D eigenvalue weighted by molar-refractivity contribution is -0.123. The summed E-state index contributed by atoms with van der Waals surface area (Å²) in [7, 11) is 2.06. The van der Waals surface area contributed by atoms with Crippen LogP contribution in [-0.2, 0) is 16.6 Å². The van der Waals surface area contributed by atoms with Crippen molar-refractivity contribution in [2.24, 2.45) is 7.05 Å². The lowest BCUT2D eigenvalue weighted by Crippen LogP contribution is -2.46. The highest BCUT2D eigenvalue weighted by Gasteiger charge is 2.25. The normalized spacial score (nSPS) is 19.8. The highest BCUT2D eigenvalue weighted by Crippen LogP contribution is 2.28. The summed E-state index contributed by atoms with van der Waals surface area (Å²) in [4.78, 5) is 21.8. The molecular formula is C24H29N5O2. The Labute approximate surface area is 182 Å². The van der Waals surface area contributed by atoms with E-state index in [4.69, 9.17) is 9.72 Å². The van der Waals surface area contributed by atoms with Gasteiger partial charge in [0, 0.05) is 50.5 Å². The number of rotatable bonds is 5. The maximum absolute atomic E-state index is 12.4. The molecule has 0 aliphatic carbocycles. The summed E-state index contributed by atoms with van der Waals surface area (Å²) in [5.41, 5.74) is 4.42. The number of carbonyl (C=O) groups is 1. The average Bonchev–Trinajstić information content (AvgIpc) is 3.39. The summed E-state index contributed by atoms with van der Waals surface area (Å²) in [5.74, 6) is 1.08. The third-order valence-corrected chi connectivity index (χ3v) is 6.28. The Balaban J connectivity index is 1.25. The number of carbonyl (C=O) groups excluding carboxylic acids is 1. The van der Waals surface area contributed by atoms with Crippen LogP contribution in [0.25, 0.3) is 22.4 Å². The molecule has 7 heteroatoms. The van der Waals surface area contributed by atoms with Gasteiger partial charge in [-0.25, -0.2) is 4.98 Å². The Hall–Kier alpha value is -2.90. The lowest BCUT2D eigenvalue weighted by atomic mass is 10.1. The number of nitrogens with one attached hydrogen (secondary N) is 1. The highest BCUT2D eigenvalue weighted by molar-refractivity contribution is 5.81. The number of morpholine rings is 1. The van der Waals surface area contributed by atoms with Crippen molar-refractivity contribution in [3.8, 4) is 11.4 Å². The Kier molecular flexibility index (Phi) is 5.61. The number of aromatic nitrogens is 2. The number of amides is 1. The fourth-order valence-electron chi connectivity index (χ4n) is 4.59. The number of imidazole rings is 1. The average molecular weight is 420 g/mol. The van der Waals surface area contributed by atoms with Crippen LogP contribution >= 0.6 is 0 Å². The van der Waals surface area contributed by atoms with E-state index in [-0.39, 0.29) is 11.9 Å². The second-order valence-corrected chi connectivity index (χ2v) is 8.42. The van der Waals surface area contributed by atoms with Crippen LogP contribution in [0.2, 0.25) is 0 Å². The molecule has 1 atom stereocenters. The van der Waals surface area contributed by atoms with Crippen molar-refractivity contribution in [1.82, 2.24) is 19.8 Å². The van der Waals surface area contributed by atoms with E-state index in [0.29, 0.717) is 19.8 Å². The first-order chi connectivity index (χ1) is 15.2. The number of benzene rings is 2. The van der Waals surface area contributed by atoms with E-state index in [9.17, 15) is 4.79 Å². The van der Waals surface area contributed by atoms with Gasteiger partial charge in [-0.1, -0.05) is 24.3 Å². The Bertz CT molecular complexity index is 1070. The summed E-state index contributed by atoms with van der Waals surface area (Å²) >= 11 is 0. The maximum atomic E-state index is 12.4. The number of nitrogens with zero attached hydrogens (tertiary/aromatic N) is 4. The number of para-hydroxylation sites is 2. The first-order valence-corrected chi connectivity index (χ1v) is 11.0. The maximum Gasteiger partial charge on any atom is 0.234 e. The van der Waals surface area contributed by atoms with Crippen LogP contribution in [0.4, 0.5) is 5.69 Å². The molecule has 2 aliphatic rings. The zero-order valence-electron chi connectivity index (χ0n) is 18.0. The minimum atomic E-state index is 0.113. The van der Waals surface area contributed by atoms with Gasteiger partial charge in [0.25, 0.3) is 0 Å². The van der Waals surface area contributed by atoms with Gasteiger partial charge in [0.1, 0.15) is 5.82 Å². The van der Waals surface area contributed by atoms with Crippen molar-refractivity contribution in [1.29, 1.82) is 0 Å². The molecule has 1 N–H and O–H groups in total. The van der Waals surface area contributed by atoms with Crippen LogP contribution in [0.1, 0.15) is 6.42 Å². The van der Waals surface area contributed by atoms with E-state index < -0.39 is 0 Å². The second kappa shape index (κ2) is 8.69. The van der Waals surface area contributed by atoms with E-state index >= 15 is 0 Å². The lowest BCUT2D eigenvalue weighted by Gasteiger charge is -2.26. The molecule has 3 aromatic rings. The van der Waals surface area contributed by atoms with E-state index in [2.05, 4.69) is 57.1 Å². The van der Waals surface area contributed by atoms with Crippen molar-refractivity contribution in [3.63, 3.8) is 0 Å². The number of ether oxygens (including phenoxy) is 1. The molecule has 2 saturated heterocycles. The second-order valence-electron chi connectivity index (χ2n) is 8.42. The predicted octanol–water partition coefficient (Wildman–Crippen LogP) is 2.27. The van der Waals surface area contributed by atoms with E-state index in [0.717, 1.165) is 55.0 Å². The topological polar surface area (TPSA) is 62.6 Å². The van der Waals surface area contributed by atoms with Crippen LogP contribution in [-0.4, -0.2) is 72.3 Å². The summed E-state index contributed by atoms with van der Waals surface area (Å²) in [6.07, 6.45) is 0.964. The quantitative estimate of drug-likeness (QED) is 0.688. The molecule has 5 rings (SSSR count). The van der Waals surface area contributed by atoms with Crippen molar-refractivity contribution in [3.05, 3.63) is 48.5 Å². The smallest absolute Gasteiger partial charge is 0.234 e. The van der Waals surface area contributed by atoms with E-state index in [1.54, 1.807) is 0 Å². The van der Waals surface area contributed by atoms with Crippen LogP contribution < -0.4 is 10.2 Å². The van der Waals surface area contributed by atoms with Gasteiger partial charge in [-0.15, -0.1) is 0 Å².